The Kier molecular flexibility index (Phi) is 5.91. The molecule has 8 nitrogen and oxygen atoms in total. The Bertz CT molecular complexity index is 1390. The van der Waals surface area contributed by atoms with Gasteiger partial charge in [0.15, 0.2) is 0 Å². The van der Waals surface area contributed by atoms with Gasteiger partial charge in [0.05, 0.1) is 18.6 Å². The zero-order valence-corrected chi connectivity index (χ0v) is 18.1. The number of aromatic amines is 1. The molecule has 1 amide bonds. The number of aryl methyl sites for hydroxylation is 1. The smallest absolute Gasteiger partial charge is 0.269 e. The van der Waals surface area contributed by atoms with Gasteiger partial charge in [-0.05, 0) is 66.4 Å². The summed E-state index contributed by atoms with van der Waals surface area (Å²) in [7, 11) is 1.55. The third kappa shape index (κ3) is 4.59. The van der Waals surface area contributed by atoms with Crippen LogP contribution in [0.15, 0.2) is 77.6 Å². The standard InChI is InChI=1S/C25H21N3O5/c1-16-3-4-18-14-19(24(29)26-23(18)13-16)15-27(20-9-11-22(33-2)12-10-20)25(30)17-5-7-21(8-6-17)28(31)32/h3-14H,15H2,1-2H3,(H,26,29). The van der Waals surface area contributed by atoms with E-state index in [4.69, 9.17) is 4.74 Å². The average Bonchev–Trinajstić information content (AvgIpc) is 2.82. The van der Waals surface area contributed by atoms with Gasteiger partial charge >= 0.3 is 0 Å². The molecule has 33 heavy (non-hydrogen) atoms. The molecule has 0 aliphatic heterocycles. The second-order valence-electron chi connectivity index (χ2n) is 7.61. The summed E-state index contributed by atoms with van der Waals surface area (Å²) in [5.74, 6) is 0.235. The number of carbonyl (C=O) groups is 1. The molecule has 0 saturated heterocycles. The van der Waals surface area contributed by atoms with E-state index in [1.54, 1.807) is 37.4 Å². The van der Waals surface area contributed by atoms with Gasteiger partial charge in [0.25, 0.3) is 17.2 Å². The number of pyridine rings is 1. The Morgan fingerprint density at radius 2 is 1.73 bits per heavy atom. The van der Waals surface area contributed by atoms with Crippen LogP contribution in [0.2, 0.25) is 0 Å². The molecule has 0 bridgehead atoms. The SMILES string of the molecule is COc1ccc(N(Cc2cc3ccc(C)cc3[nH]c2=O)C(=O)c2ccc([N+](=O)[O-])cc2)cc1. The van der Waals surface area contributed by atoms with Crippen LogP contribution in [0.5, 0.6) is 5.75 Å². The first-order valence-corrected chi connectivity index (χ1v) is 10.2. The fourth-order valence-electron chi connectivity index (χ4n) is 3.57. The Hall–Kier alpha value is -4.46. The van der Waals surface area contributed by atoms with Gasteiger partial charge in [0.2, 0.25) is 0 Å². The van der Waals surface area contributed by atoms with Crippen LogP contribution in [-0.2, 0) is 6.54 Å². The molecule has 0 atom stereocenters. The van der Waals surface area contributed by atoms with Gasteiger partial charge in [-0.3, -0.25) is 19.7 Å². The molecule has 0 unspecified atom stereocenters. The first kappa shape index (κ1) is 21.8. The van der Waals surface area contributed by atoms with Crippen molar-refractivity contribution < 1.29 is 14.5 Å². The molecule has 1 aromatic heterocycles. The van der Waals surface area contributed by atoms with Crippen LogP contribution in [0.1, 0.15) is 21.5 Å². The second kappa shape index (κ2) is 8.96. The number of hydrogen-bond acceptors (Lipinski definition) is 5. The van der Waals surface area contributed by atoms with Crippen molar-refractivity contribution in [2.24, 2.45) is 0 Å². The highest BCUT2D eigenvalue weighted by molar-refractivity contribution is 6.06. The number of ether oxygens (including phenoxy) is 1. The molecule has 0 saturated carbocycles. The largest absolute Gasteiger partial charge is 0.497 e. The van der Waals surface area contributed by atoms with Crippen LogP contribution in [0.3, 0.4) is 0 Å². The number of nitrogens with zero attached hydrogens (tertiary/aromatic N) is 2. The number of nitrogens with one attached hydrogen (secondary N) is 1. The van der Waals surface area contributed by atoms with Gasteiger partial charge in [-0.1, -0.05) is 12.1 Å². The fraction of sp³-hybridized carbons (Fsp3) is 0.120. The van der Waals surface area contributed by atoms with Gasteiger partial charge in [-0.15, -0.1) is 0 Å². The van der Waals surface area contributed by atoms with E-state index >= 15 is 0 Å². The monoisotopic (exact) mass is 443 g/mol. The topological polar surface area (TPSA) is 106 Å². The second-order valence-corrected chi connectivity index (χ2v) is 7.61. The highest BCUT2D eigenvalue weighted by Gasteiger charge is 2.21. The number of rotatable bonds is 6. The number of methoxy groups -OCH3 is 1. The van der Waals surface area contributed by atoms with Crippen molar-refractivity contribution in [3.8, 4) is 5.75 Å². The molecule has 0 spiro atoms. The van der Waals surface area contributed by atoms with E-state index in [9.17, 15) is 19.7 Å². The summed E-state index contributed by atoms with van der Waals surface area (Å²) >= 11 is 0. The van der Waals surface area contributed by atoms with Gasteiger partial charge in [0.1, 0.15) is 5.75 Å². The van der Waals surface area contributed by atoms with Crippen LogP contribution in [-0.4, -0.2) is 22.9 Å². The summed E-state index contributed by atoms with van der Waals surface area (Å²) in [4.78, 5) is 41.0. The minimum Gasteiger partial charge on any atom is -0.497 e. The Morgan fingerprint density at radius 1 is 1.03 bits per heavy atom. The first-order valence-electron chi connectivity index (χ1n) is 10.2. The Morgan fingerprint density at radius 3 is 2.36 bits per heavy atom. The number of amides is 1. The minimum absolute atomic E-state index is 0.0152. The summed E-state index contributed by atoms with van der Waals surface area (Å²) in [6.45, 7) is 1.96. The molecule has 166 valence electrons. The maximum Gasteiger partial charge on any atom is 0.269 e. The van der Waals surface area contributed by atoms with Crippen LogP contribution >= 0.6 is 0 Å². The summed E-state index contributed by atoms with van der Waals surface area (Å²) in [6.07, 6.45) is 0. The van der Waals surface area contributed by atoms with E-state index in [-0.39, 0.29) is 23.4 Å². The molecule has 4 rings (SSSR count). The lowest BCUT2D eigenvalue weighted by Gasteiger charge is -2.23. The Labute approximate surface area is 189 Å². The van der Waals surface area contributed by atoms with E-state index in [2.05, 4.69) is 4.98 Å². The lowest BCUT2D eigenvalue weighted by Crippen LogP contribution is -2.32. The lowest BCUT2D eigenvalue weighted by atomic mass is 10.1. The summed E-state index contributed by atoms with van der Waals surface area (Å²) in [5, 5.41) is 11.8. The zero-order valence-electron chi connectivity index (χ0n) is 18.1. The zero-order chi connectivity index (χ0) is 23.5. The van der Waals surface area contributed by atoms with Gasteiger partial charge in [0, 0.05) is 34.5 Å². The molecule has 0 radical (unpaired) electrons. The summed E-state index contributed by atoms with van der Waals surface area (Å²) in [6, 6.07) is 19.8. The molecular weight excluding hydrogens is 422 g/mol. The third-order valence-corrected chi connectivity index (χ3v) is 5.36. The van der Waals surface area contributed by atoms with E-state index in [1.165, 1.54) is 29.2 Å². The number of nitro benzene ring substituents is 1. The van der Waals surface area contributed by atoms with Crippen molar-refractivity contribution in [2.45, 2.75) is 13.5 Å². The van der Waals surface area contributed by atoms with E-state index in [0.717, 1.165) is 16.5 Å². The van der Waals surface area contributed by atoms with Crippen molar-refractivity contribution in [1.82, 2.24) is 4.98 Å². The first-order chi connectivity index (χ1) is 15.9. The lowest BCUT2D eigenvalue weighted by molar-refractivity contribution is -0.384. The highest BCUT2D eigenvalue weighted by atomic mass is 16.6. The molecule has 0 fully saturated rings. The number of nitro groups is 1. The van der Waals surface area contributed by atoms with Gasteiger partial charge in [-0.25, -0.2) is 0 Å². The maximum absolute atomic E-state index is 13.4. The number of aromatic nitrogens is 1. The maximum atomic E-state index is 13.4. The van der Waals surface area contributed by atoms with Gasteiger partial charge < -0.3 is 14.6 Å². The molecule has 8 heteroatoms. The third-order valence-electron chi connectivity index (χ3n) is 5.36. The van der Waals surface area contributed by atoms with Crippen molar-refractivity contribution in [2.75, 3.05) is 12.0 Å². The summed E-state index contributed by atoms with van der Waals surface area (Å²) in [5.41, 5.74) is 2.59. The van der Waals surface area contributed by atoms with Crippen molar-refractivity contribution in [3.63, 3.8) is 0 Å². The molecule has 0 aliphatic rings. The average molecular weight is 443 g/mol. The van der Waals surface area contributed by atoms with Crippen molar-refractivity contribution >= 4 is 28.2 Å². The molecule has 4 aromatic rings. The number of carbonyl (C=O) groups excluding carboxylic acids is 1. The van der Waals surface area contributed by atoms with Crippen molar-refractivity contribution in [3.05, 3.63) is 110 Å². The molecule has 1 N–H and O–H groups in total. The number of fused-ring (bicyclic) bond motifs is 1. The highest BCUT2D eigenvalue weighted by Crippen LogP contribution is 2.24. The minimum atomic E-state index is -0.522. The van der Waals surface area contributed by atoms with Crippen LogP contribution in [0, 0.1) is 17.0 Å². The van der Waals surface area contributed by atoms with Crippen LogP contribution in [0.25, 0.3) is 10.9 Å². The predicted octanol–water partition coefficient (Wildman–Crippen LogP) is 4.60. The number of benzene rings is 3. The van der Waals surface area contributed by atoms with Crippen LogP contribution < -0.4 is 15.2 Å². The molecule has 0 aliphatic carbocycles. The molecule has 3 aromatic carbocycles. The Balaban J connectivity index is 1.75. The van der Waals surface area contributed by atoms with Crippen LogP contribution in [0.4, 0.5) is 11.4 Å². The van der Waals surface area contributed by atoms with E-state index in [0.29, 0.717) is 17.0 Å². The number of anilines is 1. The quantitative estimate of drug-likeness (QED) is 0.346. The summed E-state index contributed by atoms with van der Waals surface area (Å²) < 4.78 is 5.20. The predicted molar refractivity (Wildman–Crippen MR) is 126 cm³/mol. The molecular formula is C25H21N3O5. The fourth-order valence-corrected chi connectivity index (χ4v) is 3.57. The number of H-pyrrole nitrogens is 1. The van der Waals surface area contributed by atoms with E-state index in [1.807, 2.05) is 25.1 Å². The number of hydrogen-bond donors (Lipinski definition) is 1. The molecule has 1 heterocycles. The van der Waals surface area contributed by atoms with E-state index < -0.39 is 10.8 Å². The van der Waals surface area contributed by atoms with Crippen molar-refractivity contribution in [1.29, 1.82) is 0 Å². The normalized spacial score (nSPS) is 10.7. The van der Waals surface area contributed by atoms with Gasteiger partial charge in [-0.2, -0.15) is 0 Å². The number of non-ortho nitro benzene ring substituents is 1.